The largest absolute Gasteiger partial charge is 0.497 e. The van der Waals surface area contributed by atoms with Gasteiger partial charge in [-0.1, -0.05) is 42.5 Å². The second-order valence-electron chi connectivity index (χ2n) is 9.28. The molecule has 6 heteroatoms. The van der Waals surface area contributed by atoms with Crippen molar-refractivity contribution in [2.75, 3.05) is 12.4 Å². The van der Waals surface area contributed by atoms with Crippen molar-refractivity contribution in [2.24, 2.45) is 0 Å². The quantitative estimate of drug-likeness (QED) is 0.291. The third-order valence-electron chi connectivity index (χ3n) is 6.48. The van der Waals surface area contributed by atoms with Crippen molar-refractivity contribution in [1.82, 2.24) is 0 Å². The molecule has 1 heterocycles. The number of fused-ring (bicyclic) bond motifs is 2. The number of methoxy groups -OCH3 is 1. The van der Waals surface area contributed by atoms with Crippen LogP contribution in [0.15, 0.2) is 84.4 Å². The highest BCUT2D eigenvalue weighted by atomic mass is 16.5. The maximum Gasteiger partial charge on any atom is 0.235 e. The number of carbonyl (C=O) groups excluding carboxylic acids is 3. The van der Waals surface area contributed by atoms with Crippen molar-refractivity contribution < 1.29 is 23.9 Å². The fourth-order valence-electron chi connectivity index (χ4n) is 4.54. The average molecular weight is 480 g/mol. The number of carbonyl (C=O) groups is 3. The Bertz CT molecular complexity index is 1430. The van der Waals surface area contributed by atoms with Crippen LogP contribution in [0.5, 0.6) is 5.75 Å². The summed E-state index contributed by atoms with van der Waals surface area (Å²) in [5.41, 5.74) is 2.70. The molecular formula is C30H25NO5. The van der Waals surface area contributed by atoms with Crippen molar-refractivity contribution in [2.45, 2.75) is 25.5 Å². The lowest BCUT2D eigenvalue weighted by molar-refractivity contribution is -0.112. The Morgan fingerprint density at radius 2 is 1.58 bits per heavy atom. The molecule has 0 bridgehead atoms. The van der Waals surface area contributed by atoms with Gasteiger partial charge in [-0.15, -0.1) is 0 Å². The van der Waals surface area contributed by atoms with Crippen LogP contribution in [-0.4, -0.2) is 36.1 Å². The second-order valence-corrected chi connectivity index (χ2v) is 9.28. The summed E-state index contributed by atoms with van der Waals surface area (Å²) < 4.78 is 11.4. The summed E-state index contributed by atoms with van der Waals surface area (Å²) >= 11 is 0. The highest BCUT2D eigenvalue weighted by Gasteiger charge is 2.50. The number of rotatable bonds is 6. The van der Waals surface area contributed by atoms with E-state index in [0.717, 1.165) is 11.3 Å². The van der Waals surface area contributed by atoms with E-state index in [1.54, 1.807) is 55.7 Å². The van der Waals surface area contributed by atoms with Gasteiger partial charge in [-0.2, -0.15) is 0 Å². The van der Waals surface area contributed by atoms with Crippen molar-refractivity contribution in [1.29, 1.82) is 0 Å². The fourth-order valence-corrected chi connectivity index (χ4v) is 4.54. The molecule has 2 aliphatic rings. The normalized spacial score (nSPS) is 18.0. The molecule has 0 saturated carbocycles. The first-order chi connectivity index (χ1) is 17.3. The zero-order chi connectivity index (χ0) is 25.4. The third-order valence-corrected chi connectivity index (χ3v) is 6.48. The molecule has 180 valence electrons. The minimum Gasteiger partial charge on any atom is -0.497 e. The van der Waals surface area contributed by atoms with Crippen LogP contribution in [0.25, 0.3) is 11.8 Å². The van der Waals surface area contributed by atoms with E-state index in [2.05, 4.69) is 5.32 Å². The third kappa shape index (κ3) is 4.11. The van der Waals surface area contributed by atoms with Crippen LogP contribution in [0.1, 0.15) is 45.7 Å². The lowest BCUT2D eigenvalue weighted by Gasteiger charge is -2.29. The molecule has 0 spiro atoms. The Balaban J connectivity index is 1.36. The molecule has 1 aliphatic heterocycles. The summed E-state index contributed by atoms with van der Waals surface area (Å²) in [7, 11) is 1.61. The lowest BCUT2D eigenvalue weighted by Crippen LogP contribution is -2.43. The van der Waals surface area contributed by atoms with Crippen LogP contribution in [0.4, 0.5) is 5.69 Å². The predicted octanol–water partition coefficient (Wildman–Crippen LogP) is 5.36. The summed E-state index contributed by atoms with van der Waals surface area (Å²) in [6, 6.07) is 20.9. The van der Waals surface area contributed by atoms with E-state index in [1.807, 2.05) is 44.2 Å². The minimum atomic E-state index is -0.770. The molecule has 0 saturated heterocycles. The van der Waals surface area contributed by atoms with Crippen molar-refractivity contribution >= 4 is 34.9 Å². The Morgan fingerprint density at radius 1 is 0.917 bits per heavy atom. The minimum absolute atomic E-state index is 0.128. The first kappa shape index (κ1) is 23.3. The number of benzene rings is 3. The number of allylic oxidation sites excluding steroid dienone is 1. The Hall–Kier alpha value is -4.45. The molecule has 6 nitrogen and oxygen atoms in total. The lowest BCUT2D eigenvalue weighted by atomic mass is 9.83. The maximum absolute atomic E-state index is 13.0. The van der Waals surface area contributed by atoms with Gasteiger partial charge in [0.2, 0.25) is 11.6 Å². The fraction of sp³-hybridized carbons (Fsp3) is 0.167. The molecule has 36 heavy (non-hydrogen) atoms. The number of anilines is 1. The Kier molecular flexibility index (Phi) is 5.80. The zero-order valence-corrected chi connectivity index (χ0v) is 20.2. The van der Waals surface area contributed by atoms with E-state index in [1.165, 1.54) is 6.08 Å². The summed E-state index contributed by atoms with van der Waals surface area (Å²) in [6.07, 6.45) is 3.28. The summed E-state index contributed by atoms with van der Waals surface area (Å²) in [6.45, 7) is 3.76. The molecule has 0 unspecified atom stereocenters. The van der Waals surface area contributed by atoms with Crippen LogP contribution >= 0.6 is 0 Å². The molecular weight excluding hydrogens is 454 g/mol. The topological polar surface area (TPSA) is 81.7 Å². The van der Waals surface area contributed by atoms with Gasteiger partial charge in [0.15, 0.2) is 5.78 Å². The average Bonchev–Trinajstić information content (AvgIpc) is 3.16. The molecule has 1 N–H and O–H groups in total. The molecule has 5 rings (SSSR count). The molecule has 3 aromatic rings. The molecule has 1 atom stereocenters. The van der Waals surface area contributed by atoms with Crippen LogP contribution in [-0.2, 0) is 9.53 Å². The van der Waals surface area contributed by atoms with Crippen LogP contribution in [0.2, 0.25) is 0 Å². The highest BCUT2D eigenvalue weighted by molar-refractivity contribution is 6.52. The van der Waals surface area contributed by atoms with Gasteiger partial charge in [-0.25, -0.2) is 0 Å². The monoisotopic (exact) mass is 479 g/mol. The van der Waals surface area contributed by atoms with Crippen LogP contribution < -0.4 is 10.1 Å². The van der Waals surface area contributed by atoms with Gasteiger partial charge in [0, 0.05) is 22.4 Å². The van der Waals surface area contributed by atoms with Crippen LogP contribution in [0, 0.1) is 0 Å². The van der Waals surface area contributed by atoms with Crippen molar-refractivity contribution in [3.05, 3.63) is 107 Å². The molecule has 0 aromatic heterocycles. The predicted molar refractivity (Wildman–Crippen MR) is 138 cm³/mol. The SMILES string of the molecule is COc1ccc(/C=C/C(=O)c2ccc(N[C@@H]3C4=C(OC3(C)C)c3ccccc3C(=O)C4=O)cc2)cc1. The smallest absolute Gasteiger partial charge is 0.235 e. The molecule has 0 amide bonds. The number of nitrogens with one attached hydrogen (secondary N) is 1. The second kappa shape index (κ2) is 8.96. The molecule has 1 aliphatic carbocycles. The van der Waals surface area contributed by atoms with Gasteiger partial charge in [-0.3, -0.25) is 14.4 Å². The van der Waals surface area contributed by atoms with Gasteiger partial charge in [0.25, 0.3) is 0 Å². The summed E-state index contributed by atoms with van der Waals surface area (Å²) in [5, 5.41) is 3.35. The van der Waals surface area contributed by atoms with Gasteiger partial charge in [0.05, 0.1) is 18.7 Å². The number of hydrogen-bond donors (Lipinski definition) is 1. The first-order valence-electron chi connectivity index (χ1n) is 11.6. The van der Waals surface area contributed by atoms with Gasteiger partial charge >= 0.3 is 0 Å². The van der Waals surface area contributed by atoms with Gasteiger partial charge in [0.1, 0.15) is 17.1 Å². The molecule has 0 radical (unpaired) electrons. The Labute approximate surface area is 209 Å². The van der Waals surface area contributed by atoms with Crippen LogP contribution in [0.3, 0.4) is 0 Å². The molecule has 3 aromatic carbocycles. The van der Waals surface area contributed by atoms with Crippen molar-refractivity contribution in [3.63, 3.8) is 0 Å². The molecule has 0 fully saturated rings. The van der Waals surface area contributed by atoms with E-state index in [9.17, 15) is 14.4 Å². The Morgan fingerprint density at radius 3 is 2.25 bits per heavy atom. The van der Waals surface area contributed by atoms with E-state index in [-0.39, 0.29) is 5.78 Å². The van der Waals surface area contributed by atoms with Gasteiger partial charge < -0.3 is 14.8 Å². The van der Waals surface area contributed by atoms with Crippen molar-refractivity contribution in [3.8, 4) is 5.75 Å². The van der Waals surface area contributed by atoms with E-state index in [0.29, 0.717) is 33.7 Å². The highest BCUT2D eigenvalue weighted by Crippen LogP contribution is 2.44. The standard InChI is InChI=1S/C30H25NO5/c1-30(2)29(25-27(34)26(33)22-6-4-5-7-23(22)28(25)36-30)31-20-13-11-19(12-14-20)24(32)17-10-18-8-15-21(35-3)16-9-18/h4-17,29,31H,1-3H3/b17-10+/t29-/m1/s1. The number of hydrogen-bond acceptors (Lipinski definition) is 6. The maximum atomic E-state index is 13.0. The number of Topliss-reactive ketones (excluding diaryl/α,β-unsaturated/α-hetero) is 2. The zero-order valence-electron chi connectivity index (χ0n) is 20.2. The van der Waals surface area contributed by atoms with Gasteiger partial charge in [-0.05, 0) is 61.9 Å². The number of ether oxygens (including phenoxy) is 2. The summed E-state index contributed by atoms with van der Waals surface area (Å²) in [5.74, 6) is -0.00204. The number of ketones is 3. The summed E-state index contributed by atoms with van der Waals surface area (Å²) in [4.78, 5) is 38.4. The van der Waals surface area contributed by atoms with E-state index in [4.69, 9.17) is 9.47 Å². The van der Waals surface area contributed by atoms with E-state index < -0.39 is 23.2 Å². The van der Waals surface area contributed by atoms with E-state index >= 15 is 0 Å². The first-order valence-corrected chi connectivity index (χ1v) is 11.6.